The van der Waals surface area contributed by atoms with Crippen molar-refractivity contribution in [1.29, 1.82) is 0 Å². The molecule has 29 heavy (non-hydrogen) atoms. The van der Waals surface area contributed by atoms with Crippen LogP contribution in [0.1, 0.15) is 35.2 Å². The van der Waals surface area contributed by atoms with Gasteiger partial charge in [-0.2, -0.15) is 0 Å². The van der Waals surface area contributed by atoms with Gasteiger partial charge in [0.05, 0.1) is 6.54 Å². The predicted molar refractivity (Wildman–Crippen MR) is 110 cm³/mol. The van der Waals surface area contributed by atoms with Crippen LogP contribution in [-0.2, 0) is 11.2 Å². The van der Waals surface area contributed by atoms with E-state index in [-0.39, 0.29) is 17.6 Å². The van der Waals surface area contributed by atoms with E-state index in [9.17, 15) is 14.0 Å². The number of piperidine rings is 1. The van der Waals surface area contributed by atoms with Gasteiger partial charge in [0.2, 0.25) is 5.91 Å². The van der Waals surface area contributed by atoms with Crippen LogP contribution in [0.5, 0.6) is 0 Å². The molecule has 1 aliphatic heterocycles. The summed E-state index contributed by atoms with van der Waals surface area (Å²) < 4.78 is 13.0. The first-order chi connectivity index (χ1) is 14.0. The number of anilines is 1. The molecule has 1 aromatic carbocycles. The SMILES string of the molecule is CNCC(=O)N1CCC(CCc2ccnc(NC(=O)c3ccc(F)cc3)c2)CC1. The van der Waals surface area contributed by atoms with Gasteiger partial charge in [-0.25, -0.2) is 9.37 Å². The van der Waals surface area contributed by atoms with Gasteiger partial charge in [0.25, 0.3) is 5.91 Å². The maximum atomic E-state index is 13.0. The second-order valence-electron chi connectivity index (χ2n) is 7.40. The van der Waals surface area contributed by atoms with E-state index in [1.54, 1.807) is 13.2 Å². The van der Waals surface area contributed by atoms with Gasteiger partial charge in [-0.15, -0.1) is 0 Å². The normalized spacial score (nSPS) is 14.6. The number of rotatable bonds is 7. The molecule has 0 atom stereocenters. The van der Waals surface area contributed by atoms with Crippen LogP contribution in [0, 0.1) is 11.7 Å². The van der Waals surface area contributed by atoms with Crippen molar-refractivity contribution >= 4 is 17.6 Å². The lowest BCUT2D eigenvalue weighted by atomic mass is 9.90. The Morgan fingerprint density at radius 2 is 1.90 bits per heavy atom. The highest BCUT2D eigenvalue weighted by molar-refractivity contribution is 6.03. The number of likely N-dealkylation sites (N-methyl/N-ethyl adjacent to an activating group) is 1. The second-order valence-corrected chi connectivity index (χ2v) is 7.40. The van der Waals surface area contributed by atoms with Crippen LogP contribution in [0.3, 0.4) is 0 Å². The summed E-state index contributed by atoms with van der Waals surface area (Å²) >= 11 is 0. The number of halogens is 1. The van der Waals surface area contributed by atoms with Crippen LogP contribution in [0.2, 0.25) is 0 Å². The number of benzene rings is 1. The number of hydrogen-bond donors (Lipinski definition) is 2. The van der Waals surface area contributed by atoms with Crippen molar-refractivity contribution < 1.29 is 14.0 Å². The third kappa shape index (κ3) is 6.09. The van der Waals surface area contributed by atoms with Crippen molar-refractivity contribution in [3.8, 4) is 0 Å². The Morgan fingerprint density at radius 3 is 2.59 bits per heavy atom. The molecule has 7 heteroatoms. The van der Waals surface area contributed by atoms with Crippen molar-refractivity contribution in [2.45, 2.75) is 25.7 Å². The van der Waals surface area contributed by atoms with Crippen molar-refractivity contribution in [3.63, 3.8) is 0 Å². The summed E-state index contributed by atoms with van der Waals surface area (Å²) in [5, 5.41) is 5.67. The predicted octanol–water partition coefficient (Wildman–Crippen LogP) is 2.86. The van der Waals surface area contributed by atoms with Crippen LogP contribution in [0.4, 0.5) is 10.2 Å². The number of aromatic nitrogens is 1. The van der Waals surface area contributed by atoms with Crippen LogP contribution < -0.4 is 10.6 Å². The fourth-order valence-corrected chi connectivity index (χ4v) is 3.59. The number of likely N-dealkylation sites (tertiary alicyclic amines) is 1. The minimum atomic E-state index is -0.376. The molecule has 2 N–H and O–H groups in total. The van der Waals surface area contributed by atoms with Crippen molar-refractivity contribution in [2.24, 2.45) is 5.92 Å². The molecule has 1 saturated heterocycles. The van der Waals surface area contributed by atoms with Crippen molar-refractivity contribution in [3.05, 3.63) is 59.5 Å². The molecule has 0 aliphatic carbocycles. The van der Waals surface area contributed by atoms with E-state index < -0.39 is 0 Å². The van der Waals surface area contributed by atoms with Gasteiger partial charge in [-0.05, 0) is 80.6 Å². The van der Waals surface area contributed by atoms with E-state index in [1.165, 1.54) is 24.3 Å². The smallest absolute Gasteiger partial charge is 0.256 e. The fourth-order valence-electron chi connectivity index (χ4n) is 3.59. The summed E-state index contributed by atoms with van der Waals surface area (Å²) in [7, 11) is 1.79. The zero-order chi connectivity index (χ0) is 20.6. The lowest BCUT2D eigenvalue weighted by Gasteiger charge is -2.32. The largest absolute Gasteiger partial charge is 0.342 e. The Labute approximate surface area is 170 Å². The standard InChI is InChI=1S/C22H27FN4O2/c1-24-15-21(28)27-12-9-16(10-13-27)2-3-17-8-11-25-20(14-17)26-22(29)18-4-6-19(23)7-5-18/h4-8,11,14,16,24H,2-3,9-10,12-13,15H2,1H3,(H,25,26,29). The summed E-state index contributed by atoms with van der Waals surface area (Å²) in [6, 6.07) is 9.25. The molecule has 6 nitrogen and oxygen atoms in total. The Kier molecular flexibility index (Phi) is 7.30. The lowest BCUT2D eigenvalue weighted by Crippen LogP contribution is -2.42. The number of aryl methyl sites for hydroxylation is 1. The summed E-state index contributed by atoms with van der Waals surface area (Å²) in [6.45, 7) is 2.04. The van der Waals surface area contributed by atoms with Gasteiger partial charge >= 0.3 is 0 Å². The van der Waals surface area contributed by atoms with Crippen LogP contribution in [-0.4, -0.2) is 48.4 Å². The molecule has 2 amide bonds. The molecule has 154 valence electrons. The first-order valence-electron chi connectivity index (χ1n) is 9.99. The molecule has 0 unspecified atom stereocenters. The number of carbonyl (C=O) groups excluding carboxylic acids is 2. The summed E-state index contributed by atoms with van der Waals surface area (Å²) in [6.07, 6.45) is 5.68. The number of nitrogens with one attached hydrogen (secondary N) is 2. The summed E-state index contributed by atoms with van der Waals surface area (Å²) in [4.78, 5) is 30.3. The lowest BCUT2D eigenvalue weighted by molar-refractivity contribution is -0.131. The van der Waals surface area contributed by atoms with Gasteiger partial charge in [0.1, 0.15) is 11.6 Å². The molecular weight excluding hydrogens is 371 g/mol. The third-order valence-electron chi connectivity index (χ3n) is 5.31. The van der Waals surface area contributed by atoms with E-state index in [4.69, 9.17) is 0 Å². The van der Waals surface area contributed by atoms with Gasteiger partial charge in [0.15, 0.2) is 0 Å². The number of nitrogens with zero attached hydrogens (tertiary/aromatic N) is 2. The molecule has 0 saturated carbocycles. The van der Waals surface area contributed by atoms with Gasteiger partial charge < -0.3 is 15.5 Å². The quantitative estimate of drug-likeness (QED) is 0.752. The van der Waals surface area contributed by atoms with E-state index in [1.807, 2.05) is 17.0 Å². The first-order valence-corrected chi connectivity index (χ1v) is 9.99. The highest BCUT2D eigenvalue weighted by atomic mass is 19.1. The maximum absolute atomic E-state index is 13.0. The minimum absolute atomic E-state index is 0.168. The number of pyridine rings is 1. The Balaban J connectivity index is 1.48. The average Bonchev–Trinajstić information content (AvgIpc) is 2.73. The van der Waals surface area contributed by atoms with E-state index in [0.29, 0.717) is 23.8 Å². The highest BCUT2D eigenvalue weighted by Gasteiger charge is 2.22. The zero-order valence-electron chi connectivity index (χ0n) is 16.7. The molecular formula is C22H27FN4O2. The summed E-state index contributed by atoms with van der Waals surface area (Å²) in [5.41, 5.74) is 1.50. The Bertz CT molecular complexity index is 833. The van der Waals surface area contributed by atoms with Gasteiger partial charge in [-0.3, -0.25) is 9.59 Å². The topological polar surface area (TPSA) is 74.3 Å². The molecule has 1 aliphatic rings. The van der Waals surface area contributed by atoms with Crippen molar-refractivity contribution in [2.75, 3.05) is 32.0 Å². The average molecular weight is 398 g/mol. The van der Waals surface area contributed by atoms with Gasteiger partial charge in [-0.1, -0.05) is 0 Å². The monoisotopic (exact) mass is 398 g/mol. The molecule has 1 aromatic heterocycles. The van der Waals surface area contributed by atoms with E-state index in [0.717, 1.165) is 44.3 Å². The molecule has 0 bridgehead atoms. The first kappa shape index (κ1) is 20.9. The Hall–Kier alpha value is -2.80. The second kappa shape index (κ2) is 10.1. The molecule has 2 heterocycles. The Morgan fingerprint density at radius 1 is 1.17 bits per heavy atom. The fraction of sp³-hybridized carbons (Fsp3) is 0.409. The molecule has 1 fully saturated rings. The number of hydrogen-bond acceptors (Lipinski definition) is 4. The van der Waals surface area contributed by atoms with Gasteiger partial charge in [0, 0.05) is 24.8 Å². The summed E-state index contributed by atoms with van der Waals surface area (Å²) in [5.74, 6) is 0.567. The van der Waals surface area contributed by atoms with Crippen LogP contribution in [0.15, 0.2) is 42.6 Å². The number of carbonyl (C=O) groups is 2. The van der Waals surface area contributed by atoms with E-state index >= 15 is 0 Å². The molecule has 0 spiro atoms. The molecule has 2 aromatic rings. The minimum Gasteiger partial charge on any atom is -0.342 e. The molecule has 0 radical (unpaired) electrons. The number of amides is 2. The maximum Gasteiger partial charge on any atom is 0.256 e. The third-order valence-corrected chi connectivity index (χ3v) is 5.31. The highest BCUT2D eigenvalue weighted by Crippen LogP contribution is 2.23. The van der Waals surface area contributed by atoms with Crippen LogP contribution in [0.25, 0.3) is 0 Å². The van der Waals surface area contributed by atoms with Crippen LogP contribution >= 0.6 is 0 Å². The van der Waals surface area contributed by atoms with E-state index in [2.05, 4.69) is 15.6 Å². The molecule has 3 rings (SSSR count). The zero-order valence-corrected chi connectivity index (χ0v) is 16.7. The van der Waals surface area contributed by atoms with Crippen molar-refractivity contribution in [1.82, 2.24) is 15.2 Å².